The molecule has 1 fully saturated rings. The number of halogens is 1. The van der Waals surface area contributed by atoms with Gasteiger partial charge in [-0.3, -0.25) is 0 Å². The Hall–Kier alpha value is -0.180. The fourth-order valence-electron chi connectivity index (χ4n) is 3.24. The largest absolute Gasteiger partial charge is 0.302 e. The molecule has 1 saturated heterocycles. The Kier molecular flexibility index (Phi) is 4.40. The summed E-state index contributed by atoms with van der Waals surface area (Å²) in [6.07, 6.45) is 3.79. The third-order valence-corrected chi connectivity index (χ3v) is 6.12. The normalized spacial score (nSPS) is 26.3. The Morgan fingerprint density at radius 3 is 2.74 bits per heavy atom. The molecule has 0 aromatic heterocycles. The van der Waals surface area contributed by atoms with Crippen LogP contribution >= 0.6 is 23.4 Å². The summed E-state index contributed by atoms with van der Waals surface area (Å²) in [5, 5.41) is 1.09. The van der Waals surface area contributed by atoms with Gasteiger partial charge in [0.2, 0.25) is 0 Å². The number of likely N-dealkylation sites (tertiary alicyclic amines) is 1. The van der Waals surface area contributed by atoms with Crippen LogP contribution in [0.4, 0.5) is 0 Å². The molecule has 0 saturated carbocycles. The summed E-state index contributed by atoms with van der Waals surface area (Å²) in [5.41, 5.74) is 1.54. The van der Waals surface area contributed by atoms with Crippen LogP contribution in [0.15, 0.2) is 29.2 Å². The van der Waals surface area contributed by atoms with Crippen molar-refractivity contribution in [2.24, 2.45) is 5.92 Å². The quantitative estimate of drug-likeness (QED) is 0.774. The van der Waals surface area contributed by atoms with Crippen molar-refractivity contribution in [3.8, 4) is 0 Å². The Morgan fingerprint density at radius 1 is 1.32 bits per heavy atom. The monoisotopic (exact) mass is 295 g/mol. The van der Waals surface area contributed by atoms with E-state index in [0.29, 0.717) is 5.38 Å². The second-order valence-electron chi connectivity index (χ2n) is 5.87. The summed E-state index contributed by atoms with van der Waals surface area (Å²) >= 11 is 8.28. The first kappa shape index (κ1) is 13.8. The zero-order chi connectivity index (χ0) is 13.2. The zero-order valence-corrected chi connectivity index (χ0v) is 13.1. The highest BCUT2D eigenvalue weighted by atomic mass is 35.5. The van der Waals surface area contributed by atoms with Gasteiger partial charge in [0, 0.05) is 22.1 Å². The molecule has 2 aliphatic rings. The fourth-order valence-corrected chi connectivity index (χ4v) is 4.86. The molecule has 19 heavy (non-hydrogen) atoms. The van der Waals surface area contributed by atoms with Crippen LogP contribution in [0.5, 0.6) is 0 Å². The van der Waals surface area contributed by atoms with Crippen molar-refractivity contribution in [1.29, 1.82) is 0 Å². The summed E-state index contributed by atoms with van der Waals surface area (Å²) < 4.78 is 0. The van der Waals surface area contributed by atoms with E-state index in [9.17, 15) is 0 Å². The number of thioether (sulfide) groups is 1. The summed E-state index contributed by atoms with van der Waals surface area (Å²) in [7, 11) is 0. The van der Waals surface area contributed by atoms with Crippen LogP contribution < -0.4 is 0 Å². The number of rotatable bonds is 3. The molecule has 1 aromatic rings. The van der Waals surface area contributed by atoms with Crippen molar-refractivity contribution in [2.75, 3.05) is 19.6 Å². The van der Waals surface area contributed by atoms with E-state index in [2.05, 4.69) is 47.9 Å². The van der Waals surface area contributed by atoms with E-state index in [-0.39, 0.29) is 0 Å². The van der Waals surface area contributed by atoms with Gasteiger partial charge in [0.25, 0.3) is 0 Å². The number of benzene rings is 1. The number of hydrogen-bond donors (Lipinski definition) is 0. The summed E-state index contributed by atoms with van der Waals surface area (Å²) in [6.45, 7) is 5.85. The zero-order valence-electron chi connectivity index (χ0n) is 11.5. The molecule has 0 aliphatic carbocycles. The van der Waals surface area contributed by atoms with Gasteiger partial charge in [0.05, 0.1) is 0 Å². The number of nitrogens with zero attached hydrogens (tertiary/aromatic N) is 1. The van der Waals surface area contributed by atoms with Crippen LogP contribution in [0.2, 0.25) is 0 Å². The minimum Gasteiger partial charge on any atom is -0.302 e. The predicted octanol–water partition coefficient (Wildman–Crippen LogP) is 4.04. The maximum atomic E-state index is 6.21. The molecule has 2 heterocycles. The third-order valence-electron chi connectivity index (χ3n) is 4.46. The van der Waals surface area contributed by atoms with Gasteiger partial charge >= 0.3 is 0 Å². The Balaban J connectivity index is 1.50. The Bertz CT molecular complexity index is 402. The highest BCUT2D eigenvalue weighted by molar-refractivity contribution is 8.00. The number of piperidine rings is 1. The van der Waals surface area contributed by atoms with Gasteiger partial charge in [0.15, 0.2) is 0 Å². The van der Waals surface area contributed by atoms with Gasteiger partial charge in [-0.25, -0.2) is 0 Å². The van der Waals surface area contributed by atoms with E-state index >= 15 is 0 Å². The summed E-state index contributed by atoms with van der Waals surface area (Å²) in [5.74, 6) is 0.728. The molecule has 0 bridgehead atoms. The Labute approximate surface area is 125 Å². The highest BCUT2D eigenvalue weighted by Crippen LogP contribution is 2.37. The lowest BCUT2D eigenvalue weighted by Gasteiger charge is -2.34. The van der Waals surface area contributed by atoms with Crippen LogP contribution in [0.3, 0.4) is 0 Å². The van der Waals surface area contributed by atoms with E-state index in [1.807, 2.05) is 0 Å². The number of alkyl halides is 1. The van der Waals surface area contributed by atoms with E-state index in [1.54, 1.807) is 5.56 Å². The molecular formula is C16H22ClNS. The molecule has 3 heteroatoms. The topological polar surface area (TPSA) is 3.24 Å². The predicted molar refractivity (Wildman–Crippen MR) is 84.3 cm³/mol. The first-order chi connectivity index (χ1) is 9.22. The van der Waals surface area contributed by atoms with Crippen LogP contribution in [0, 0.1) is 5.92 Å². The van der Waals surface area contributed by atoms with Gasteiger partial charge in [-0.2, -0.15) is 0 Å². The lowest BCUT2D eigenvalue weighted by Crippen LogP contribution is -2.39. The van der Waals surface area contributed by atoms with Crippen molar-refractivity contribution in [1.82, 2.24) is 4.90 Å². The molecule has 3 rings (SSSR count). The first-order valence-electron chi connectivity index (χ1n) is 7.33. The molecule has 2 aliphatic heterocycles. The maximum absolute atomic E-state index is 6.21. The molecule has 0 N–H and O–H groups in total. The number of hydrogen-bond acceptors (Lipinski definition) is 2. The average molecular weight is 296 g/mol. The molecule has 2 atom stereocenters. The first-order valence-corrected chi connectivity index (χ1v) is 8.65. The molecule has 1 aromatic carbocycles. The molecule has 1 nitrogen and oxygen atoms in total. The molecule has 2 unspecified atom stereocenters. The van der Waals surface area contributed by atoms with Crippen LogP contribution in [-0.4, -0.2) is 35.2 Å². The summed E-state index contributed by atoms with van der Waals surface area (Å²) in [4.78, 5) is 4.14. The van der Waals surface area contributed by atoms with Gasteiger partial charge in [-0.15, -0.1) is 23.4 Å². The van der Waals surface area contributed by atoms with Crippen LogP contribution in [0.25, 0.3) is 0 Å². The standard InChI is InChI=1S/C16H22ClNS/c1-12(17)13-6-8-18(9-7-13)11-15-10-14-4-2-3-5-16(14)19-15/h2-5,12-13,15H,6-11H2,1H3. The van der Waals surface area contributed by atoms with Gasteiger partial charge in [-0.05, 0) is 56.8 Å². The van der Waals surface area contributed by atoms with E-state index in [4.69, 9.17) is 11.6 Å². The average Bonchev–Trinajstić information content (AvgIpc) is 2.81. The highest BCUT2D eigenvalue weighted by Gasteiger charge is 2.27. The SMILES string of the molecule is CC(Cl)C1CCN(CC2Cc3ccccc3S2)CC1. The lowest BCUT2D eigenvalue weighted by atomic mass is 9.94. The lowest BCUT2D eigenvalue weighted by molar-refractivity contribution is 0.184. The Morgan fingerprint density at radius 2 is 2.05 bits per heavy atom. The van der Waals surface area contributed by atoms with E-state index in [0.717, 1.165) is 11.2 Å². The molecule has 0 amide bonds. The van der Waals surface area contributed by atoms with Gasteiger partial charge in [0.1, 0.15) is 0 Å². The van der Waals surface area contributed by atoms with Crippen molar-refractivity contribution in [2.45, 2.75) is 41.7 Å². The fraction of sp³-hybridized carbons (Fsp3) is 0.625. The molecule has 0 spiro atoms. The molecule has 104 valence electrons. The van der Waals surface area contributed by atoms with Crippen molar-refractivity contribution < 1.29 is 0 Å². The number of fused-ring (bicyclic) bond motifs is 1. The molecule has 0 radical (unpaired) electrons. The van der Waals surface area contributed by atoms with E-state index in [1.165, 1.54) is 43.8 Å². The third kappa shape index (κ3) is 3.29. The summed E-state index contributed by atoms with van der Waals surface area (Å²) in [6, 6.07) is 8.86. The van der Waals surface area contributed by atoms with Gasteiger partial charge < -0.3 is 4.90 Å². The van der Waals surface area contributed by atoms with E-state index < -0.39 is 0 Å². The van der Waals surface area contributed by atoms with Gasteiger partial charge in [-0.1, -0.05) is 18.2 Å². The minimum absolute atomic E-state index is 0.340. The van der Waals surface area contributed by atoms with Crippen molar-refractivity contribution in [3.05, 3.63) is 29.8 Å². The van der Waals surface area contributed by atoms with Crippen molar-refractivity contribution in [3.63, 3.8) is 0 Å². The van der Waals surface area contributed by atoms with Crippen LogP contribution in [-0.2, 0) is 6.42 Å². The second kappa shape index (κ2) is 6.07. The second-order valence-corrected chi connectivity index (χ2v) is 7.90. The minimum atomic E-state index is 0.340. The van der Waals surface area contributed by atoms with Crippen LogP contribution in [0.1, 0.15) is 25.3 Å². The maximum Gasteiger partial charge on any atom is 0.0337 e. The smallest absolute Gasteiger partial charge is 0.0337 e. The molecular weight excluding hydrogens is 274 g/mol. The van der Waals surface area contributed by atoms with Crippen molar-refractivity contribution >= 4 is 23.4 Å².